The second-order valence-electron chi connectivity index (χ2n) is 7.21. The van der Waals surface area contributed by atoms with Crippen LogP contribution >= 0.6 is 23.4 Å². The lowest BCUT2D eigenvalue weighted by atomic mass is 10.3. The van der Waals surface area contributed by atoms with Gasteiger partial charge in [-0.1, -0.05) is 35.5 Å². The zero-order chi connectivity index (χ0) is 22.8. The summed E-state index contributed by atoms with van der Waals surface area (Å²) in [6.45, 7) is 0.546. The van der Waals surface area contributed by atoms with Crippen LogP contribution in [0, 0.1) is 0 Å². The largest absolute Gasteiger partial charge is 0.484 e. The molecule has 0 N–H and O–H groups in total. The second-order valence-corrected chi connectivity index (χ2v) is 8.67. The summed E-state index contributed by atoms with van der Waals surface area (Å²) in [5.74, 6) is 1.92. The Balaban J connectivity index is 1.38. The first-order chi connectivity index (χ1) is 15.4. The van der Waals surface area contributed by atoms with E-state index in [1.807, 2.05) is 23.7 Å². The van der Waals surface area contributed by atoms with E-state index in [-0.39, 0.29) is 17.9 Å². The zero-order valence-corrected chi connectivity index (χ0v) is 19.4. The minimum absolute atomic E-state index is 0.240. The van der Waals surface area contributed by atoms with Gasteiger partial charge in [-0.25, -0.2) is 9.78 Å². The third kappa shape index (κ3) is 4.17. The summed E-state index contributed by atoms with van der Waals surface area (Å²) in [4.78, 5) is 29.5. The van der Waals surface area contributed by atoms with Gasteiger partial charge in [0, 0.05) is 33.4 Å². The molecule has 12 heteroatoms. The van der Waals surface area contributed by atoms with Gasteiger partial charge in [0.1, 0.15) is 12.4 Å². The smallest absolute Gasteiger partial charge is 0.332 e. The number of ether oxygens (including phenoxy) is 1. The molecule has 10 nitrogen and oxygen atoms in total. The summed E-state index contributed by atoms with van der Waals surface area (Å²) in [7, 11) is 5.22. The first-order valence-electron chi connectivity index (χ1n) is 9.87. The quantitative estimate of drug-likeness (QED) is 0.283. The Labute approximate surface area is 192 Å². The normalized spacial score (nSPS) is 11.4. The van der Waals surface area contributed by atoms with Crippen LogP contribution in [-0.4, -0.2) is 39.2 Å². The van der Waals surface area contributed by atoms with Crippen LogP contribution in [0.4, 0.5) is 0 Å². The molecule has 168 valence electrons. The molecule has 0 bridgehead atoms. The number of hydrogen-bond acceptors (Lipinski definition) is 7. The Morgan fingerprint density at radius 2 is 1.88 bits per heavy atom. The van der Waals surface area contributed by atoms with Crippen LogP contribution < -0.4 is 16.0 Å². The molecule has 0 atom stereocenters. The van der Waals surface area contributed by atoms with Gasteiger partial charge in [0.2, 0.25) is 0 Å². The van der Waals surface area contributed by atoms with Crippen molar-refractivity contribution in [1.29, 1.82) is 0 Å². The van der Waals surface area contributed by atoms with Gasteiger partial charge < -0.3 is 13.9 Å². The molecule has 4 rings (SSSR count). The van der Waals surface area contributed by atoms with E-state index in [2.05, 4.69) is 15.2 Å². The van der Waals surface area contributed by atoms with Crippen LogP contribution in [0.3, 0.4) is 0 Å². The molecule has 0 radical (unpaired) electrons. The Morgan fingerprint density at radius 1 is 1.09 bits per heavy atom. The van der Waals surface area contributed by atoms with Gasteiger partial charge in [-0.05, 0) is 18.6 Å². The van der Waals surface area contributed by atoms with Crippen molar-refractivity contribution in [2.45, 2.75) is 24.7 Å². The molecule has 3 heterocycles. The maximum atomic E-state index is 12.8. The lowest BCUT2D eigenvalue weighted by Gasteiger charge is -2.09. The van der Waals surface area contributed by atoms with Crippen LogP contribution in [0.15, 0.2) is 45.3 Å². The molecule has 0 unspecified atom stereocenters. The highest BCUT2D eigenvalue weighted by atomic mass is 35.5. The molecule has 0 aliphatic carbocycles. The number of fused-ring (bicyclic) bond motifs is 1. The standard InChI is InChI=1S/C20H22ClN7O3S/c1-25-12-22-17-16(25)18(29)28(20(30)27(17)3)9-6-10-32-19-24-23-15(26(19)2)11-31-14-8-5-4-7-13(14)21/h4-5,7-8,12H,6,9-11H2,1-3H3. The van der Waals surface area contributed by atoms with Crippen molar-refractivity contribution in [3.05, 3.63) is 62.3 Å². The van der Waals surface area contributed by atoms with Crippen molar-refractivity contribution in [3.63, 3.8) is 0 Å². The summed E-state index contributed by atoms with van der Waals surface area (Å²) >= 11 is 7.61. The predicted molar refractivity (Wildman–Crippen MR) is 122 cm³/mol. The van der Waals surface area contributed by atoms with Crippen LogP contribution in [0.2, 0.25) is 5.02 Å². The molecule has 0 saturated heterocycles. The van der Waals surface area contributed by atoms with E-state index in [9.17, 15) is 9.59 Å². The SMILES string of the molecule is Cn1c(COc2ccccc2Cl)nnc1SCCCn1c(=O)c2c(ncn2C)n(C)c1=O. The number of halogens is 1. The van der Waals surface area contributed by atoms with Gasteiger partial charge in [-0.3, -0.25) is 13.9 Å². The van der Waals surface area contributed by atoms with E-state index >= 15 is 0 Å². The average molecular weight is 476 g/mol. The number of aromatic nitrogens is 7. The topological polar surface area (TPSA) is 102 Å². The van der Waals surface area contributed by atoms with E-state index in [0.717, 1.165) is 5.16 Å². The van der Waals surface area contributed by atoms with Crippen molar-refractivity contribution >= 4 is 34.5 Å². The van der Waals surface area contributed by atoms with Gasteiger partial charge in [0.05, 0.1) is 11.3 Å². The van der Waals surface area contributed by atoms with Gasteiger partial charge in [-0.15, -0.1) is 10.2 Å². The van der Waals surface area contributed by atoms with Crippen molar-refractivity contribution in [2.24, 2.45) is 21.1 Å². The van der Waals surface area contributed by atoms with E-state index in [1.54, 1.807) is 30.8 Å². The lowest BCUT2D eigenvalue weighted by Crippen LogP contribution is -2.39. The highest BCUT2D eigenvalue weighted by Gasteiger charge is 2.15. The van der Waals surface area contributed by atoms with Crippen molar-refractivity contribution in [2.75, 3.05) is 5.75 Å². The molecular weight excluding hydrogens is 454 g/mol. The highest BCUT2D eigenvalue weighted by molar-refractivity contribution is 7.99. The van der Waals surface area contributed by atoms with Crippen LogP contribution in [0.25, 0.3) is 11.2 Å². The fourth-order valence-electron chi connectivity index (χ4n) is 3.28. The van der Waals surface area contributed by atoms with Crippen molar-refractivity contribution in [1.82, 2.24) is 33.4 Å². The molecule has 0 aliphatic rings. The molecule has 4 aromatic rings. The highest BCUT2D eigenvalue weighted by Crippen LogP contribution is 2.24. The van der Waals surface area contributed by atoms with E-state index in [1.165, 1.54) is 27.2 Å². The van der Waals surface area contributed by atoms with Gasteiger partial charge >= 0.3 is 5.69 Å². The summed E-state index contributed by atoms with van der Waals surface area (Å²) in [5.41, 5.74) is 0.101. The lowest BCUT2D eigenvalue weighted by molar-refractivity contribution is 0.290. The molecule has 32 heavy (non-hydrogen) atoms. The number of benzene rings is 1. The first kappa shape index (κ1) is 22.2. The number of para-hydroxylation sites is 1. The number of rotatable bonds is 8. The molecule has 1 aromatic carbocycles. The molecule has 0 aliphatic heterocycles. The Bertz CT molecular complexity index is 1390. The third-order valence-corrected chi connectivity index (χ3v) is 6.50. The van der Waals surface area contributed by atoms with Crippen LogP contribution in [0.5, 0.6) is 5.75 Å². The summed E-state index contributed by atoms with van der Waals surface area (Å²) in [6.07, 6.45) is 2.15. The van der Waals surface area contributed by atoms with Gasteiger partial charge in [0.25, 0.3) is 5.56 Å². The van der Waals surface area contributed by atoms with Crippen LogP contribution in [-0.2, 0) is 34.3 Å². The van der Waals surface area contributed by atoms with Crippen LogP contribution in [0.1, 0.15) is 12.2 Å². The number of hydrogen-bond donors (Lipinski definition) is 0. The minimum atomic E-state index is -0.371. The van der Waals surface area contributed by atoms with E-state index < -0.39 is 0 Å². The number of aryl methyl sites for hydroxylation is 2. The summed E-state index contributed by atoms with van der Waals surface area (Å²) in [6, 6.07) is 7.25. The van der Waals surface area contributed by atoms with Gasteiger partial charge in [-0.2, -0.15) is 0 Å². The number of nitrogens with zero attached hydrogens (tertiary/aromatic N) is 7. The number of imidazole rings is 1. The van der Waals surface area contributed by atoms with E-state index in [4.69, 9.17) is 16.3 Å². The second kappa shape index (κ2) is 9.21. The number of thioether (sulfide) groups is 1. The molecule has 0 amide bonds. The van der Waals surface area contributed by atoms with E-state index in [0.29, 0.717) is 46.5 Å². The third-order valence-electron chi connectivity index (χ3n) is 5.08. The summed E-state index contributed by atoms with van der Waals surface area (Å²) in [5, 5.41) is 9.65. The first-order valence-corrected chi connectivity index (χ1v) is 11.2. The Kier molecular flexibility index (Phi) is 6.38. The minimum Gasteiger partial charge on any atom is -0.484 e. The molecule has 0 saturated carbocycles. The molecule has 0 spiro atoms. The maximum Gasteiger partial charge on any atom is 0.332 e. The molecule has 0 fully saturated rings. The molecular formula is C20H22ClN7O3S. The zero-order valence-electron chi connectivity index (χ0n) is 17.9. The summed E-state index contributed by atoms with van der Waals surface area (Å²) < 4.78 is 11.9. The maximum absolute atomic E-state index is 12.8. The molecule has 3 aromatic heterocycles. The van der Waals surface area contributed by atoms with Crippen molar-refractivity contribution in [3.8, 4) is 5.75 Å². The average Bonchev–Trinajstić information content (AvgIpc) is 3.34. The van der Waals surface area contributed by atoms with Gasteiger partial charge in [0.15, 0.2) is 22.1 Å². The fraction of sp³-hybridized carbons (Fsp3) is 0.350. The Morgan fingerprint density at radius 3 is 2.66 bits per heavy atom. The predicted octanol–water partition coefficient (Wildman–Crippen LogP) is 1.98. The Hall–Kier alpha value is -3.05. The van der Waals surface area contributed by atoms with Crippen molar-refractivity contribution < 1.29 is 4.74 Å². The fourth-order valence-corrected chi connectivity index (χ4v) is 4.32. The monoisotopic (exact) mass is 475 g/mol.